The van der Waals surface area contributed by atoms with Crippen LogP contribution in [0.4, 0.5) is 14.5 Å². The van der Waals surface area contributed by atoms with Gasteiger partial charge in [0.05, 0.1) is 23.6 Å². The van der Waals surface area contributed by atoms with E-state index < -0.39 is 6.43 Å². The minimum absolute atomic E-state index is 0.111. The molecule has 9 heteroatoms. The number of nitrogens with one attached hydrogen (secondary N) is 1. The van der Waals surface area contributed by atoms with E-state index in [9.17, 15) is 13.6 Å². The first-order valence-corrected chi connectivity index (χ1v) is 10.1. The maximum Gasteiger partial charge on any atom is 0.282 e. The minimum atomic E-state index is -2.65. The van der Waals surface area contributed by atoms with E-state index in [2.05, 4.69) is 15.5 Å². The Hall–Kier alpha value is -2.74. The fourth-order valence-corrected chi connectivity index (χ4v) is 3.63. The Labute approximate surface area is 177 Å². The summed E-state index contributed by atoms with van der Waals surface area (Å²) in [7, 11) is 0. The third kappa shape index (κ3) is 4.38. The van der Waals surface area contributed by atoms with Gasteiger partial charge in [-0.05, 0) is 50.5 Å². The molecule has 0 aliphatic heterocycles. The van der Waals surface area contributed by atoms with Crippen LogP contribution in [-0.4, -0.2) is 25.5 Å². The summed E-state index contributed by atoms with van der Waals surface area (Å²) in [5.74, 6) is -0.110. The summed E-state index contributed by atoms with van der Waals surface area (Å²) in [6.07, 6.45) is -0.778. The first-order valence-electron chi connectivity index (χ1n) is 9.76. The zero-order valence-electron chi connectivity index (χ0n) is 16.7. The second-order valence-corrected chi connectivity index (χ2v) is 8.04. The molecule has 0 bridgehead atoms. The molecule has 0 unspecified atom stereocenters. The lowest BCUT2D eigenvalue weighted by atomic mass is 10.2. The molecule has 6 nitrogen and oxygen atoms in total. The van der Waals surface area contributed by atoms with Crippen LogP contribution in [0.2, 0.25) is 5.02 Å². The van der Waals surface area contributed by atoms with E-state index in [4.69, 9.17) is 11.6 Å². The van der Waals surface area contributed by atoms with Crippen molar-refractivity contribution in [3.8, 4) is 0 Å². The Morgan fingerprint density at radius 2 is 1.90 bits per heavy atom. The van der Waals surface area contributed by atoms with Crippen molar-refractivity contribution in [1.82, 2.24) is 19.6 Å². The summed E-state index contributed by atoms with van der Waals surface area (Å²) in [4.78, 5) is 12.7. The number of carbonyl (C=O) groups excluding carboxylic acids is 1. The first kappa shape index (κ1) is 20.5. The van der Waals surface area contributed by atoms with Gasteiger partial charge in [-0.15, -0.1) is 0 Å². The molecule has 1 N–H and O–H groups in total. The van der Waals surface area contributed by atoms with Crippen molar-refractivity contribution in [2.45, 2.75) is 52.1 Å². The molecule has 1 aliphatic rings. The van der Waals surface area contributed by atoms with E-state index in [1.54, 1.807) is 0 Å². The molecule has 3 aromatic rings. The Kier molecular flexibility index (Phi) is 5.60. The summed E-state index contributed by atoms with van der Waals surface area (Å²) in [6, 6.07) is 8.90. The van der Waals surface area contributed by atoms with E-state index in [1.807, 2.05) is 42.8 Å². The van der Waals surface area contributed by atoms with Gasteiger partial charge in [0.2, 0.25) is 5.91 Å². The van der Waals surface area contributed by atoms with Gasteiger partial charge < -0.3 is 5.32 Å². The number of benzene rings is 1. The monoisotopic (exact) mass is 433 g/mol. The summed E-state index contributed by atoms with van der Waals surface area (Å²) < 4.78 is 29.3. The van der Waals surface area contributed by atoms with Gasteiger partial charge in [-0.25, -0.2) is 8.78 Å². The highest BCUT2D eigenvalue weighted by molar-refractivity contribution is 6.30. The average Bonchev–Trinajstić information content (AvgIpc) is 3.41. The Morgan fingerprint density at radius 1 is 1.20 bits per heavy atom. The van der Waals surface area contributed by atoms with Crippen molar-refractivity contribution >= 4 is 23.2 Å². The molecule has 2 heterocycles. The van der Waals surface area contributed by atoms with Gasteiger partial charge in [0.15, 0.2) is 0 Å². The third-order valence-electron chi connectivity index (χ3n) is 5.23. The molecule has 1 saturated carbocycles. The van der Waals surface area contributed by atoms with Gasteiger partial charge in [0, 0.05) is 16.6 Å². The third-order valence-corrected chi connectivity index (χ3v) is 5.49. The molecule has 0 saturated heterocycles. The van der Waals surface area contributed by atoms with Crippen LogP contribution in [0.1, 0.15) is 53.5 Å². The summed E-state index contributed by atoms with van der Waals surface area (Å²) >= 11 is 5.93. The van der Waals surface area contributed by atoms with Crippen LogP contribution in [0.15, 0.2) is 30.3 Å². The standard InChI is InChI=1S/C21H22ClF2N5O/c1-12-20(13(2)28(26-12)10-14-3-7-16(22)8-4-14)25-19(30)11-29-18(15-5-6-15)9-17(27-29)21(23)24/h3-4,7-9,15,21H,5-6,10-11H2,1-2H3,(H,25,30). The number of nitrogens with zero attached hydrogens (tertiary/aromatic N) is 4. The SMILES string of the molecule is Cc1nn(Cc2ccc(Cl)cc2)c(C)c1NC(=O)Cn1nc(C(F)F)cc1C1CC1. The number of halogens is 3. The minimum Gasteiger partial charge on any atom is -0.321 e. The van der Waals surface area contributed by atoms with Crippen LogP contribution < -0.4 is 5.32 Å². The van der Waals surface area contributed by atoms with Crippen LogP contribution in [0.5, 0.6) is 0 Å². The molecule has 1 aromatic carbocycles. The first-order chi connectivity index (χ1) is 14.3. The molecular formula is C21H22ClF2N5O. The fraction of sp³-hybridized carbons (Fsp3) is 0.381. The number of aromatic nitrogens is 4. The van der Waals surface area contributed by atoms with Gasteiger partial charge in [-0.2, -0.15) is 10.2 Å². The van der Waals surface area contributed by atoms with Crippen molar-refractivity contribution in [3.05, 3.63) is 63.7 Å². The Bertz CT molecular complexity index is 1070. The number of rotatable bonds is 7. The van der Waals surface area contributed by atoms with E-state index in [0.717, 1.165) is 24.1 Å². The Balaban J connectivity index is 1.49. The van der Waals surface area contributed by atoms with E-state index >= 15 is 0 Å². The van der Waals surface area contributed by atoms with Crippen LogP contribution in [0.25, 0.3) is 0 Å². The predicted octanol–water partition coefficient (Wildman–Crippen LogP) is 4.85. The number of aryl methyl sites for hydroxylation is 1. The second-order valence-electron chi connectivity index (χ2n) is 7.60. The van der Waals surface area contributed by atoms with Crippen LogP contribution in [0.3, 0.4) is 0 Å². The van der Waals surface area contributed by atoms with E-state index in [1.165, 1.54) is 10.7 Å². The highest BCUT2D eigenvalue weighted by Gasteiger charge is 2.30. The summed E-state index contributed by atoms with van der Waals surface area (Å²) in [5.41, 5.74) is 3.58. The highest BCUT2D eigenvalue weighted by atomic mass is 35.5. The van der Waals surface area contributed by atoms with Crippen LogP contribution in [-0.2, 0) is 17.9 Å². The van der Waals surface area contributed by atoms with Crippen molar-refractivity contribution in [2.24, 2.45) is 0 Å². The van der Waals surface area contributed by atoms with E-state index in [0.29, 0.717) is 28.6 Å². The van der Waals surface area contributed by atoms with Crippen molar-refractivity contribution in [3.63, 3.8) is 0 Å². The van der Waals surface area contributed by atoms with Crippen molar-refractivity contribution in [1.29, 1.82) is 0 Å². The summed E-state index contributed by atoms with van der Waals surface area (Å²) in [5, 5.41) is 12.0. The van der Waals surface area contributed by atoms with E-state index in [-0.39, 0.29) is 24.1 Å². The highest BCUT2D eigenvalue weighted by Crippen LogP contribution is 2.41. The predicted molar refractivity (Wildman–Crippen MR) is 110 cm³/mol. The lowest BCUT2D eigenvalue weighted by Crippen LogP contribution is -2.21. The maximum absolute atomic E-state index is 13.0. The zero-order valence-corrected chi connectivity index (χ0v) is 17.5. The van der Waals surface area contributed by atoms with Crippen molar-refractivity contribution < 1.29 is 13.6 Å². The van der Waals surface area contributed by atoms with Gasteiger partial charge >= 0.3 is 0 Å². The van der Waals surface area contributed by atoms with Gasteiger partial charge in [0.25, 0.3) is 6.43 Å². The molecule has 30 heavy (non-hydrogen) atoms. The lowest BCUT2D eigenvalue weighted by Gasteiger charge is -2.09. The number of hydrogen-bond donors (Lipinski definition) is 1. The van der Waals surface area contributed by atoms with Crippen LogP contribution in [0, 0.1) is 13.8 Å². The van der Waals surface area contributed by atoms with Gasteiger partial charge in [0.1, 0.15) is 12.2 Å². The molecule has 2 aromatic heterocycles. The molecule has 1 aliphatic carbocycles. The quantitative estimate of drug-likeness (QED) is 0.579. The molecule has 4 rings (SSSR count). The molecule has 0 spiro atoms. The fourth-order valence-electron chi connectivity index (χ4n) is 3.50. The molecular weight excluding hydrogens is 412 g/mol. The number of alkyl halides is 2. The molecule has 158 valence electrons. The normalized spacial score (nSPS) is 13.8. The molecule has 0 radical (unpaired) electrons. The summed E-state index contributed by atoms with van der Waals surface area (Å²) in [6.45, 7) is 4.13. The molecule has 1 amide bonds. The maximum atomic E-state index is 13.0. The Morgan fingerprint density at radius 3 is 2.53 bits per heavy atom. The average molecular weight is 434 g/mol. The lowest BCUT2D eigenvalue weighted by molar-refractivity contribution is -0.117. The number of hydrogen-bond acceptors (Lipinski definition) is 3. The largest absolute Gasteiger partial charge is 0.321 e. The van der Waals surface area contributed by atoms with Gasteiger partial charge in [-0.3, -0.25) is 14.2 Å². The van der Waals surface area contributed by atoms with Gasteiger partial charge in [-0.1, -0.05) is 23.7 Å². The second kappa shape index (κ2) is 8.18. The molecule has 1 fully saturated rings. The zero-order chi connectivity index (χ0) is 21.4. The smallest absolute Gasteiger partial charge is 0.282 e. The number of anilines is 1. The van der Waals surface area contributed by atoms with Crippen molar-refractivity contribution in [2.75, 3.05) is 5.32 Å². The van der Waals surface area contributed by atoms with Crippen LogP contribution >= 0.6 is 11.6 Å². The number of amides is 1. The number of carbonyl (C=O) groups is 1. The molecule has 0 atom stereocenters. The topological polar surface area (TPSA) is 64.7 Å².